The van der Waals surface area contributed by atoms with Crippen LogP contribution >= 0.6 is 0 Å². The number of amides is 2. The summed E-state index contributed by atoms with van der Waals surface area (Å²) < 4.78 is 0. The van der Waals surface area contributed by atoms with Gasteiger partial charge in [0.2, 0.25) is 11.8 Å². The molecule has 100 valence electrons. The van der Waals surface area contributed by atoms with E-state index in [2.05, 4.69) is 11.4 Å². The number of nitrogens with zero attached hydrogens (tertiary/aromatic N) is 1. The van der Waals surface area contributed by atoms with Crippen molar-refractivity contribution in [2.45, 2.75) is 51.5 Å². The largest absolute Gasteiger partial charge is 0.352 e. The molecule has 1 heterocycles. The number of rotatable bonds is 2. The Morgan fingerprint density at radius 1 is 1.44 bits per heavy atom. The van der Waals surface area contributed by atoms with Gasteiger partial charge in [0.05, 0.1) is 0 Å². The minimum absolute atomic E-state index is 0.0558. The molecule has 0 spiro atoms. The van der Waals surface area contributed by atoms with Crippen molar-refractivity contribution in [3.05, 3.63) is 11.6 Å². The maximum Gasteiger partial charge on any atom is 0.245 e. The Labute approximate surface area is 108 Å². The molecule has 1 fully saturated rings. The van der Waals surface area contributed by atoms with E-state index in [4.69, 9.17) is 0 Å². The van der Waals surface area contributed by atoms with Gasteiger partial charge in [-0.15, -0.1) is 0 Å². The van der Waals surface area contributed by atoms with E-state index in [1.54, 1.807) is 4.90 Å². The van der Waals surface area contributed by atoms with E-state index >= 15 is 0 Å². The number of allylic oxidation sites excluding steroid dienone is 1. The second-order valence-electron chi connectivity index (χ2n) is 5.65. The van der Waals surface area contributed by atoms with Crippen LogP contribution in [0.5, 0.6) is 0 Å². The Morgan fingerprint density at radius 3 is 2.89 bits per heavy atom. The molecule has 0 saturated carbocycles. The lowest BCUT2D eigenvalue weighted by Gasteiger charge is -2.41. The molecule has 4 heteroatoms. The highest BCUT2D eigenvalue weighted by Crippen LogP contribution is 2.24. The molecule has 0 radical (unpaired) electrons. The quantitative estimate of drug-likeness (QED) is 0.757. The van der Waals surface area contributed by atoms with Crippen molar-refractivity contribution in [2.75, 3.05) is 13.1 Å². The first-order valence-electron chi connectivity index (χ1n) is 6.78. The van der Waals surface area contributed by atoms with Crippen molar-refractivity contribution >= 4 is 11.8 Å². The van der Waals surface area contributed by atoms with E-state index in [1.165, 1.54) is 18.4 Å². The molecule has 1 N–H and O–H groups in total. The SMILES string of the molecule is CC1(C)C(=O)NCCN1C(=O)CC1=CCCCC1. The fourth-order valence-electron chi connectivity index (χ4n) is 2.69. The van der Waals surface area contributed by atoms with E-state index in [1.807, 2.05) is 13.8 Å². The molecule has 0 unspecified atom stereocenters. The summed E-state index contributed by atoms with van der Waals surface area (Å²) in [6, 6.07) is 0. The molecule has 2 rings (SSSR count). The summed E-state index contributed by atoms with van der Waals surface area (Å²) in [5.41, 5.74) is 0.526. The first-order chi connectivity index (χ1) is 8.51. The minimum atomic E-state index is -0.718. The van der Waals surface area contributed by atoms with Crippen LogP contribution in [0.3, 0.4) is 0 Å². The van der Waals surface area contributed by atoms with E-state index in [9.17, 15) is 9.59 Å². The highest BCUT2D eigenvalue weighted by Gasteiger charge is 2.40. The standard InChI is InChI=1S/C14H22N2O2/c1-14(2)13(18)15-8-9-16(14)12(17)10-11-6-4-3-5-7-11/h6H,3-5,7-10H2,1-2H3,(H,15,18). The van der Waals surface area contributed by atoms with Gasteiger partial charge >= 0.3 is 0 Å². The summed E-state index contributed by atoms with van der Waals surface area (Å²) in [5, 5.41) is 2.81. The third-order valence-electron chi connectivity index (χ3n) is 3.92. The van der Waals surface area contributed by atoms with Crippen LogP contribution in [0.15, 0.2) is 11.6 Å². The van der Waals surface area contributed by atoms with Crippen LogP contribution in [0.4, 0.5) is 0 Å². The predicted octanol–water partition coefficient (Wildman–Crippen LogP) is 1.61. The van der Waals surface area contributed by atoms with Crippen LogP contribution in [0, 0.1) is 0 Å². The minimum Gasteiger partial charge on any atom is -0.352 e. The van der Waals surface area contributed by atoms with Gasteiger partial charge in [0.25, 0.3) is 0 Å². The maximum atomic E-state index is 12.3. The molecule has 2 amide bonds. The highest BCUT2D eigenvalue weighted by atomic mass is 16.2. The Hall–Kier alpha value is -1.32. The molecule has 18 heavy (non-hydrogen) atoms. The second-order valence-corrected chi connectivity index (χ2v) is 5.65. The van der Waals surface area contributed by atoms with E-state index in [-0.39, 0.29) is 11.8 Å². The average Bonchev–Trinajstić information content (AvgIpc) is 2.33. The van der Waals surface area contributed by atoms with E-state index < -0.39 is 5.54 Å². The molecule has 1 saturated heterocycles. The van der Waals surface area contributed by atoms with Crippen LogP contribution in [0.25, 0.3) is 0 Å². The molecule has 1 aliphatic carbocycles. The number of nitrogens with one attached hydrogen (secondary N) is 1. The van der Waals surface area contributed by atoms with Gasteiger partial charge in [-0.2, -0.15) is 0 Å². The van der Waals surface area contributed by atoms with Gasteiger partial charge in [0.1, 0.15) is 5.54 Å². The third kappa shape index (κ3) is 2.57. The maximum absolute atomic E-state index is 12.3. The lowest BCUT2D eigenvalue weighted by atomic mass is 9.94. The monoisotopic (exact) mass is 250 g/mol. The zero-order chi connectivity index (χ0) is 13.2. The summed E-state index contributed by atoms with van der Waals surface area (Å²) in [4.78, 5) is 25.9. The zero-order valence-corrected chi connectivity index (χ0v) is 11.3. The van der Waals surface area contributed by atoms with E-state index in [0.29, 0.717) is 19.5 Å². The van der Waals surface area contributed by atoms with Crippen molar-refractivity contribution < 1.29 is 9.59 Å². The van der Waals surface area contributed by atoms with Crippen LogP contribution < -0.4 is 5.32 Å². The Kier molecular flexibility index (Phi) is 3.73. The summed E-state index contributed by atoms with van der Waals surface area (Å²) in [5.74, 6) is 0.0303. The first kappa shape index (κ1) is 13.1. The molecule has 0 aromatic heterocycles. The van der Waals surface area contributed by atoms with Gasteiger partial charge in [0, 0.05) is 19.5 Å². The fraction of sp³-hybridized carbons (Fsp3) is 0.714. The van der Waals surface area contributed by atoms with Gasteiger partial charge in [-0.3, -0.25) is 9.59 Å². The average molecular weight is 250 g/mol. The zero-order valence-electron chi connectivity index (χ0n) is 11.3. The smallest absolute Gasteiger partial charge is 0.245 e. The molecule has 0 aromatic carbocycles. The van der Waals surface area contributed by atoms with Gasteiger partial charge in [0.15, 0.2) is 0 Å². The first-order valence-corrected chi connectivity index (χ1v) is 6.78. The van der Waals surface area contributed by atoms with Crippen LogP contribution in [0.1, 0.15) is 46.0 Å². The number of hydrogen-bond donors (Lipinski definition) is 1. The molecule has 2 aliphatic rings. The molecular formula is C14H22N2O2. The molecule has 0 atom stereocenters. The number of hydrogen-bond acceptors (Lipinski definition) is 2. The molecular weight excluding hydrogens is 228 g/mol. The van der Waals surface area contributed by atoms with Crippen molar-refractivity contribution in [3.8, 4) is 0 Å². The van der Waals surface area contributed by atoms with Crippen molar-refractivity contribution in [3.63, 3.8) is 0 Å². The lowest BCUT2D eigenvalue weighted by molar-refractivity contribution is -0.148. The summed E-state index contributed by atoms with van der Waals surface area (Å²) >= 11 is 0. The molecule has 1 aliphatic heterocycles. The molecule has 4 nitrogen and oxygen atoms in total. The fourth-order valence-corrected chi connectivity index (χ4v) is 2.69. The number of carbonyl (C=O) groups excluding carboxylic acids is 2. The molecule has 0 aromatic rings. The van der Waals surface area contributed by atoms with Crippen LogP contribution in [-0.2, 0) is 9.59 Å². The normalized spacial score (nSPS) is 23.3. The highest BCUT2D eigenvalue weighted by molar-refractivity contribution is 5.92. The predicted molar refractivity (Wildman–Crippen MR) is 70.0 cm³/mol. The second kappa shape index (κ2) is 5.12. The number of piperazine rings is 1. The van der Waals surface area contributed by atoms with Gasteiger partial charge in [-0.1, -0.05) is 11.6 Å². The third-order valence-corrected chi connectivity index (χ3v) is 3.92. The van der Waals surface area contributed by atoms with Crippen molar-refractivity contribution in [1.82, 2.24) is 10.2 Å². The Balaban J connectivity index is 2.03. The Bertz CT molecular complexity index is 385. The van der Waals surface area contributed by atoms with Crippen molar-refractivity contribution in [1.29, 1.82) is 0 Å². The van der Waals surface area contributed by atoms with E-state index in [0.717, 1.165) is 12.8 Å². The Morgan fingerprint density at radius 2 is 2.22 bits per heavy atom. The topological polar surface area (TPSA) is 49.4 Å². The van der Waals surface area contributed by atoms with Gasteiger partial charge < -0.3 is 10.2 Å². The molecule has 0 bridgehead atoms. The van der Waals surface area contributed by atoms with Gasteiger partial charge in [-0.05, 0) is 39.5 Å². The summed E-state index contributed by atoms with van der Waals surface area (Å²) in [6.45, 7) is 4.81. The van der Waals surface area contributed by atoms with Crippen molar-refractivity contribution in [2.24, 2.45) is 0 Å². The van der Waals surface area contributed by atoms with Gasteiger partial charge in [-0.25, -0.2) is 0 Å². The number of carbonyl (C=O) groups is 2. The van der Waals surface area contributed by atoms with Crippen LogP contribution in [-0.4, -0.2) is 35.3 Å². The lowest BCUT2D eigenvalue weighted by Crippen LogP contribution is -2.63. The van der Waals surface area contributed by atoms with Crippen LogP contribution in [0.2, 0.25) is 0 Å². The summed E-state index contributed by atoms with van der Waals surface area (Å²) in [6.07, 6.45) is 7.21. The summed E-state index contributed by atoms with van der Waals surface area (Å²) in [7, 11) is 0.